The lowest BCUT2D eigenvalue weighted by molar-refractivity contribution is -0.137. The summed E-state index contributed by atoms with van der Waals surface area (Å²) in [5.41, 5.74) is -0.240. The molecule has 2 N–H and O–H groups in total. The van der Waals surface area contributed by atoms with E-state index in [4.69, 9.17) is 0 Å². The molecule has 1 saturated carbocycles. The van der Waals surface area contributed by atoms with Gasteiger partial charge in [0.2, 0.25) is 11.8 Å². The largest absolute Gasteiger partial charge is 0.355 e. The molecule has 0 atom stereocenters. The average molecular weight is 409 g/mol. The fraction of sp³-hybridized carbons (Fsp3) is 0.857. The van der Waals surface area contributed by atoms with Gasteiger partial charge >= 0.3 is 0 Å². The minimum atomic E-state index is -0.240. The van der Waals surface area contributed by atoms with Crippen molar-refractivity contribution in [2.24, 2.45) is 10.9 Å². The molecule has 1 aliphatic carbocycles. The molecule has 2 fully saturated rings. The fourth-order valence-corrected chi connectivity index (χ4v) is 4.08. The fourth-order valence-electron chi connectivity index (χ4n) is 4.08. The van der Waals surface area contributed by atoms with E-state index in [0.29, 0.717) is 11.9 Å². The molecular weight excluding hydrogens is 368 g/mol. The molecule has 1 saturated heterocycles. The van der Waals surface area contributed by atoms with Gasteiger partial charge in [-0.2, -0.15) is 0 Å². The summed E-state index contributed by atoms with van der Waals surface area (Å²) in [6.45, 7) is 11.3. The maximum absolute atomic E-state index is 12.5. The van der Waals surface area contributed by atoms with Gasteiger partial charge in [0, 0.05) is 64.8 Å². The summed E-state index contributed by atoms with van der Waals surface area (Å²) >= 11 is 0. The highest BCUT2D eigenvalue weighted by molar-refractivity contribution is 5.86. The summed E-state index contributed by atoms with van der Waals surface area (Å²) in [4.78, 5) is 35.2. The number of guanidine groups is 1. The normalized spacial score (nSPS) is 19.3. The third kappa shape index (κ3) is 7.84. The van der Waals surface area contributed by atoms with E-state index >= 15 is 0 Å². The molecule has 0 spiro atoms. The summed E-state index contributed by atoms with van der Waals surface area (Å²) in [7, 11) is 3.60. The highest BCUT2D eigenvalue weighted by Crippen LogP contribution is 2.26. The Hall–Kier alpha value is -1.83. The molecule has 0 bridgehead atoms. The van der Waals surface area contributed by atoms with E-state index in [2.05, 4.69) is 25.4 Å². The van der Waals surface area contributed by atoms with Crippen molar-refractivity contribution >= 4 is 17.8 Å². The molecule has 0 aromatic rings. The number of aliphatic imine (C=N–C) groups is 1. The van der Waals surface area contributed by atoms with Gasteiger partial charge in [-0.05, 0) is 33.6 Å². The molecule has 29 heavy (non-hydrogen) atoms. The van der Waals surface area contributed by atoms with Crippen molar-refractivity contribution in [1.29, 1.82) is 0 Å². The minimum Gasteiger partial charge on any atom is -0.355 e. The first kappa shape index (κ1) is 23.4. The Morgan fingerprint density at radius 1 is 1.10 bits per heavy atom. The van der Waals surface area contributed by atoms with Gasteiger partial charge in [0.15, 0.2) is 5.96 Å². The number of hydrogen-bond donors (Lipinski definition) is 2. The molecule has 1 aliphatic heterocycles. The van der Waals surface area contributed by atoms with Crippen molar-refractivity contribution in [1.82, 2.24) is 25.3 Å². The maximum Gasteiger partial charge on any atom is 0.240 e. The van der Waals surface area contributed by atoms with Crippen LogP contribution in [0.25, 0.3) is 0 Å². The second-order valence-electron chi connectivity index (χ2n) is 9.28. The van der Waals surface area contributed by atoms with Gasteiger partial charge < -0.3 is 20.4 Å². The van der Waals surface area contributed by atoms with Crippen molar-refractivity contribution in [3.8, 4) is 0 Å². The molecule has 2 amide bonds. The standard InChI is InChI=1S/C21H40N6O2/c1-21(2,3)24-18(28)16-25(5)20(22-4)23-10-11-26-12-14-27(15-13-26)19(29)17-8-6-7-9-17/h17H,6-16H2,1-5H3,(H,22,23)(H,24,28). The first-order valence-corrected chi connectivity index (χ1v) is 10.9. The van der Waals surface area contributed by atoms with Crippen molar-refractivity contribution < 1.29 is 9.59 Å². The predicted molar refractivity (Wildman–Crippen MR) is 117 cm³/mol. The van der Waals surface area contributed by atoms with E-state index in [9.17, 15) is 9.59 Å². The van der Waals surface area contributed by atoms with Crippen LogP contribution in [0.5, 0.6) is 0 Å². The molecule has 2 rings (SSSR count). The number of rotatable bonds is 6. The van der Waals surface area contributed by atoms with E-state index in [1.807, 2.05) is 32.7 Å². The van der Waals surface area contributed by atoms with Crippen LogP contribution in [0.4, 0.5) is 0 Å². The molecule has 2 aliphatic rings. The number of carbonyl (C=O) groups excluding carboxylic acids is 2. The van der Waals surface area contributed by atoms with Crippen LogP contribution in [0, 0.1) is 5.92 Å². The number of likely N-dealkylation sites (N-methyl/N-ethyl adjacent to an activating group) is 1. The highest BCUT2D eigenvalue weighted by atomic mass is 16.2. The van der Waals surface area contributed by atoms with E-state index < -0.39 is 0 Å². The van der Waals surface area contributed by atoms with Gasteiger partial charge in [-0.15, -0.1) is 0 Å². The lowest BCUT2D eigenvalue weighted by Crippen LogP contribution is -2.52. The summed E-state index contributed by atoms with van der Waals surface area (Å²) in [5, 5.41) is 6.30. The lowest BCUT2D eigenvalue weighted by Gasteiger charge is -2.36. The Balaban J connectivity index is 1.66. The Morgan fingerprint density at radius 3 is 2.28 bits per heavy atom. The Labute approximate surface area is 176 Å². The van der Waals surface area contributed by atoms with Crippen LogP contribution < -0.4 is 10.6 Å². The molecule has 8 nitrogen and oxygen atoms in total. The number of nitrogens with one attached hydrogen (secondary N) is 2. The monoisotopic (exact) mass is 408 g/mol. The summed E-state index contributed by atoms with van der Waals surface area (Å²) in [6, 6.07) is 0. The molecule has 0 aromatic carbocycles. The van der Waals surface area contributed by atoms with Gasteiger partial charge in [0.25, 0.3) is 0 Å². The van der Waals surface area contributed by atoms with E-state index in [-0.39, 0.29) is 23.9 Å². The van der Waals surface area contributed by atoms with Gasteiger partial charge in [0.1, 0.15) is 0 Å². The van der Waals surface area contributed by atoms with Gasteiger partial charge in [0.05, 0.1) is 6.54 Å². The summed E-state index contributed by atoms with van der Waals surface area (Å²) in [5.74, 6) is 1.34. The van der Waals surface area contributed by atoms with Crippen molar-refractivity contribution in [2.45, 2.75) is 52.0 Å². The van der Waals surface area contributed by atoms with Gasteiger partial charge in [-0.1, -0.05) is 12.8 Å². The Morgan fingerprint density at radius 2 is 1.72 bits per heavy atom. The first-order chi connectivity index (χ1) is 13.7. The number of nitrogens with zero attached hydrogens (tertiary/aromatic N) is 4. The topological polar surface area (TPSA) is 80.3 Å². The zero-order valence-corrected chi connectivity index (χ0v) is 19.0. The second kappa shape index (κ2) is 10.8. The van der Waals surface area contributed by atoms with Gasteiger partial charge in [-0.3, -0.25) is 19.5 Å². The van der Waals surface area contributed by atoms with Crippen LogP contribution in [0.3, 0.4) is 0 Å². The highest BCUT2D eigenvalue weighted by Gasteiger charge is 2.29. The van der Waals surface area contributed by atoms with Crippen LogP contribution in [0.1, 0.15) is 46.5 Å². The lowest BCUT2D eigenvalue weighted by atomic mass is 10.1. The SMILES string of the molecule is CN=C(NCCN1CCN(C(=O)C2CCCC2)CC1)N(C)CC(=O)NC(C)(C)C. The quantitative estimate of drug-likeness (QED) is 0.501. The summed E-state index contributed by atoms with van der Waals surface area (Å²) < 4.78 is 0. The van der Waals surface area contributed by atoms with Crippen LogP contribution in [-0.4, -0.2) is 97.9 Å². The molecule has 0 unspecified atom stereocenters. The molecular formula is C21H40N6O2. The van der Waals surface area contributed by atoms with E-state index in [1.165, 1.54) is 12.8 Å². The van der Waals surface area contributed by atoms with E-state index in [1.54, 1.807) is 7.05 Å². The maximum atomic E-state index is 12.5. The van der Waals surface area contributed by atoms with Crippen LogP contribution in [0.2, 0.25) is 0 Å². The number of hydrogen-bond acceptors (Lipinski definition) is 4. The third-order valence-electron chi connectivity index (χ3n) is 5.57. The second-order valence-corrected chi connectivity index (χ2v) is 9.28. The Kier molecular flexibility index (Phi) is 8.74. The minimum absolute atomic E-state index is 0.0222. The molecule has 8 heteroatoms. The van der Waals surface area contributed by atoms with Crippen LogP contribution in [-0.2, 0) is 9.59 Å². The number of amides is 2. The molecule has 0 aromatic heterocycles. The average Bonchev–Trinajstić information content (AvgIpc) is 3.18. The Bertz CT molecular complexity index is 572. The molecule has 1 heterocycles. The van der Waals surface area contributed by atoms with Gasteiger partial charge in [-0.25, -0.2) is 0 Å². The first-order valence-electron chi connectivity index (χ1n) is 10.9. The van der Waals surface area contributed by atoms with Crippen molar-refractivity contribution in [3.63, 3.8) is 0 Å². The van der Waals surface area contributed by atoms with Crippen molar-refractivity contribution in [3.05, 3.63) is 0 Å². The predicted octanol–water partition coefficient (Wildman–Crippen LogP) is 0.743. The third-order valence-corrected chi connectivity index (χ3v) is 5.57. The molecule has 0 radical (unpaired) electrons. The van der Waals surface area contributed by atoms with Crippen LogP contribution >= 0.6 is 0 Å². The van der Waals surface area contributed by atoms with Crippen LogP contribution in [0.15, 0.2) is 4.99 Å². The zero-order valence-electron chi connectivity index (χ0n) is 19.0. The van der Waals surface area contributed by atoms with E-state index in [0.717, 1.165) is 52.1 Å². The number of carbonyl (C=O) groups is 2. The molecule has 166 valence electrons. The zero-order chi connectivity index (χ0) is 21.4. The summed E-state index contributed by atoms with van der Waals surface area (Å²) in [6.07, 6.45) is 4.55. The smallest absolute Gasteiger partial charge is 0.240 e. The van der Waals surface area contributed by atoms with Crippen molar-refractivity contribution in [2.75, 3.05) is 59.9 Å². The number of piperazine rings is 1.